The molecule has 14 nitrogen and oxygen atoms in total. The van der Waals surface area contributed by atoms with Gasteiger partial charge in [-0.15, -0.1) is 9.90 Å². The molecule has 1 unspecified atom stereocenters. The lowest BCUT2D eigenvalue weighted by Crippen LogP contribution is -2.62. The number of benzene rings is 1. The summed E-state index contributed by atoms with van der Waals surface area (Å²) in [5.41, 5.74) is 43.2. The van der Waals surface area contributed by atoms with E-state index >= 15 is 0 Å². The lowest BCUT2D eigenvalue weighted by Gasteiger charge is -2.21. The Kier molecular flexibility index (Phi) is 7.36. The Bertz CT molecular complexity index is 798. The topological polar surface area (TPSA) is 281 Å². The Labute approximate surface area is 164 Å². The van der Waals surface area contributed by atoms with Crippen LogP contribution in [0.1, 0.15) is 11.6 Å². The summed E-state index contributed by atoms with van der Waals surface area (Å²) < 4.78 is 9.63. The molecule has 0 aliphatic rings. The van der Waals surface area contributed by atoms with Gasteiger partial charge in [0.05, 0.1) is 16.4 Å². The Morgan fingerprint density at radius 3 is 2.14 bits per heavy atom. The molecule has 0 aliphatic heterocycles. The lowest BCUT2D eigenvalue weighted by atomic mass is 10.0. The van der Waals surface area contributed by atoms with Gasteiger partial charge in [-0.1, -0.05) is 35.5 Å². The Morgan fingerprint density at radius 2 is 1.64 bits per heavy atom. The third kappa shape index (κ3) is 7.41. The van der Waals surface area contributed by atoms with Crippen molar-refractivity contribution in [1.82, 2.24) is 0 Å². The molecule has 0 fully saturated rings. The van der Waals surface area contributed by atoms with E-state index in [0.717, 1.165) is 0 Å². The molecule has 0 heterocycles. The van der Waals surface area contributed by atoms with Gasteiger partial charge in [0.15, 0.2) is 6.04 Å². The average Bonchev–Trinajstić information content (AvgIpc) is 2.48. The van der Waals surface area contributed by atoms with Crippen LogP contribution < -0.4 is 45.9 Å². The van der Waals surface area contributed by atoms with Crippen molar-refractivity contribution < 1.29 is 9.47 Å². The molecule has 0 amide bonds. The van der Waals surface area contributed by atoms with E-state index in [0.29, 0.717) is 0 Å². The average molecular weight is 416 g/mol. The van der Waals surface area contributed by atoms with Crippen LogP contribution in [0, 0.1) is 4.91 Å². The number of ether oxygens (including phenoxy) is 2. The second-order valence-corrected chi connectivity index (χ2v) is 5.90. The summed E-state index contributed by atoms with van der Waals surface area (Å²) in [6, 6.07) is 1.97. The Balaban J connectivity index is 3.30. The fraction of sp³-hybridized carbons (Fsp3) is 0.231. The maximum absolute atomic E-state index is 11.4. The normalized spacial score (nSPS) is 14.4. The summed E-state index contributed by atoms with van der Waals surface area (Å²) >= 11 is 5.94. The fourth-order valence-corrected chi connectivity index (χ4v) is 1.98. The van der Waals surface area contributed by atoms with Crippen molar-refractivity contribution in [3.63, 3.8) is 0 Å². The first-order valence-corrected chi connectivity index (χ1v) is 7.70. The predicted molar refractivity (Wildman–Crippen MR) is 105 cm³/mol. The van der Waals surface area contributed by atoms with Gasteiger partial charge < -0.3 is 20.9 Å². The monoisotopic (exact) mass is 415 g/mol. The van der Waals surface area contributed by atoms with Crippen molar-refractivity contribution in [2.45, 2.75) is 18.0 Å². The van der Waals surface area contributed by atoms with Crippen molar-refractivity contribution in [1.29, 1.82) is 0 Å². The minimum absolute atomic E-state index is 0.101. The molecule has 154 valence electrons. The van der Waals surface area contributed by atoms with Gasteiger partial charge in [-0.05, 0) is 6.07 Å². The van der Waals surface area contributed by atoms with Crippen LogP contribution in [0.2, 0.25) is 5.02 Å². The maximum Gasteiger partial charge on any atom is 0.325 e. The third-order valence-electron chi connectivity index (χ3n) is 2.80. The number of nitrogen functional groups attached to an aromatic ring is 1. The van der Waals surface area contributed by atoms with Crippen molar-refractivity contribution in [2.24, 2.45) is 55.3 Å². The number of hydrogen-bond acceptors (Lipinski definition) is 12. The van der Waals surface area contributed by atoms with E-state index in [9.17, 15) is 4.91 Å². The van der Waals surface area contributed by atoms with Crippen LogP contribution in [0.3, 0.4) is 0 Å². The van der Waals surface area contributed by atoms with Gasteiger partial charge in [0.1, 0.15) is 0 Å². The van der Waals surface area contributed by atoms with E-state index in [1.54, 1.807) is 6.07 Å². The molecule has 0 bridgehead atoms. The molecule has 16 N–H and O–H groups in total. The van der Waals surface area contributed by atoms with Gasteiger partial charge in [0.2, 0.25) is 0 Å². The number of hydrogen-bond donors (Lipinski definition) is 8. The lowest BCUT2D eigenvalue weighted by molar-refractivity contribution is 0.0670. The molecule has 1 atom stereocenters. The molecule has 0 spiro atoms. The molecule has 0 radical (unpaired) electrons. The molecule has 28 heavy (non-hydrogen) atoms. The van der Waals surface area contributed by atoms with E-state index in [4.69, 9.17) is 66.9 Å². The van der Waals surface area contributed by atoms with Crippen LogP contribution in [-0.4, -0.2) is 24.0 Å². The number of rotatable bonds is 6. The summed E-state index contributed by atoms with van der Waals surface area (Å²) in [4.78, 5) is 18.8. The number of nitroso groups, excluding NO2 is 1. The van der Waals surface area contributed by atoms with Crippen LogP contribution >= 0.6 is 11.6 Å². The Hall–Kier alpha value is -2.85. The van der Waals surface area contributed by atoms with Crippen molar-refractivity contribution in [3.05, 3.63) is 46.0 Å². The SMILES string of the molecule is C=C(N=C(N=C(N)OC(N)(N)N)OC(N)(N)N)C(N=O)c1cccc(Cl)c1N. The molecule has 0 aliphatic carbocycles. The summed E-state index contributed by atoms with van der Waals surface area (Å²) in [6.07, 6.45) is 0. The van der Waals surface area contributed by atoms with Crippen molar-refractivity contribution >= 4 is 29.3 Å². The number of aliphatic imine (C=N–C) groups is 2. The number of para-hydroxylation sites is 1. The van der Waals surface area contributed by atoms with E-state index in [2.05, 4.69) is 21.7 Å². The van der Waals surface area contributed by atoms with Gasteiger partial charge in [0.25, 0.3) is 18.0 Å². The zero-order valence-corrected chi connectivity index (χ0v) is 15.3. The second kappa shape index (κ2) is 8.89. The fourth-order valence-electron chi connectivity index (χ4n) is 1.80. The standard InChI is InChI=1S/C13H22ClN11O3/c1-5(9(25-26)6-3-2-4-7(14)8(6)15)23-11(28-13(20,21)22)24-10(16)27-12(17,18)19/h2-4,9H,1,15,17-22H2,(H2,16,23,24). The summed E-state index contributed by atoms with van der Waals surface area (Å²) in [5.74, 6) is -4.38. The van der Waals surface area contributed by atoms with Crippen molar-refractivity contribution in [2.75, 3.05) is 5.73 Å². The van der Waals surface area contributed by atoms with E-state index < -0.39 is 30.0 Å². The third-order valence-corrected chi connectivity index (χ3v) is 3.13. The van der Waals surface area contributed by atoms with Crippen LogP contribution in [0.25, 0.3) is 0 Å². The van der Waals surface area contributed by atoms with Crippen LogP contribution in [0.15, 0.2) is 45.6 Å². The number of anilines is 1. The summed E-state index contributed by atoms with van der Waals surface area (Å²) in [7, 11) is 0. The smallest absolute Gasteiger partial charge is 0.325 e. The molecule has 0 saturated carbocycles. The molecule has 0 saturated heterocycles. The predicted octanol–water partition coefficient (Wildman–Crippen LogP) is -2.08. The van der Waals surface area contributed by atoms with Gasteiger partial charge in [-0.25, -0.2) is 0 Å². The number of amidine groups is 2. The number of nitrogens with zero attached hydrogens (tertiary/aromatic N) is 3. The van der Waals surface area contributed by atoms with Crippen LogP contribution in [-0.2, 0) is 9.47 Å². The zero-order valence-electron chi connectivity index (χ0n) is 14.6. The molecule has 0 aromatic heterocycles. The first-order chi connectivity index (χ1) is 12.7. The van der Waals surface area contributed by atoms with Gasteiger partial charge in [-0.3, -0.25) is 34.4 Å². The minimum atomic E-state index is -2.23. The Morgan fingerprint density at radius 1 is 1.07 bits per heavy atom. The minimum Gasteiger partial charge on any atom is -0.416 e. The highest BCUT2D eigenvalue weighted by Gasteiger charge is 2.24. The molecule has 1 rings (SSSR count). The quantitative estimate of drug-likeness (QED) is 0.0819. The van der Waals surface area contributed by atoms with Gasteiger partial charge in [-0.2, -0.15) is 4.99 Å². The highest BCUT2D eigenvalue weighted by molar-refractivity contribution is 6.33. The van der Waals surface area contributed by atoms with E-state index in [-0.39, 0.29) is 22.0 Å². The zero-order chi connectivity index (χ0) is 21.7. The highest BCUT2D eigenvalue weighted by Crippen LogP contribution is 2.33. The van der Waals surface area contributed by atoms with Crippen LogP contribution in [0.4, 0.5) is 5.69 Å². The summed E-state index contributed by atoms with van der Waals surface area (Å²) in [5, 5.41) is 3.13. The van der Waals surface area contributed by atoms with Crippen LogP contribution in [0.5, 0.6) is 0 Å². The molecular formula is C13H22ClN11O3. The summed E-state index contributed by atoms with van der Waals surface area (Å²) in [6.45, 7) is 3.62. The first kappa shape index (κ1) is 23.2. The maximum atomic E-state index is 11.4. The first-order valence-electron chi connectivity index (χ1n) is 7.33. The van der Waals surface area contributed by atoms with E-state index in [1.165, 1.54) is 12.1 Å². The number of nitrogens with two attached hydrogens (primary N) is 8. The second-order valence-electron chi connectivity index (χ2n) is 5.50. The van der Waals surface area contributed by atoms with E-state index in [1.807, 2.05) is 0 Å². The number of halogens is 1. The molecule has 15 heteroatoms. The molecular weight excluding hydrogens is 394 g/mol. The molecule has 1 aromatic rings. The van der Waals surface area contributed by atoms with Crippen molar-refractivity contribution in [3.8, 4) is 0 Å². The van der Waals surface area contributed by atoms with Gasteiger partial charge in [0, 0.05) is 5.56 Å². The molecule has 1 aromatic carbocycles. The highest BCUT2D eigenvalue weighted by atomic mass is 35.5. The largest absolute Gasteiger partial charge is 0.416 e. The van der Waals surface area contributed by atoms with Gasteiger partial charge >= 0.3 is 6.02 Å².